The van der Waals surface area contributed by atoms with Crippen LogP contribution in [0.2, 0.25) is 0 Å². The molecule has 1 N–H and O–H groups in total. The number of aromatic nitrogens is 1. The molecular weight excluding hydrogens is 457 g/mol. The summed E-state index contributed by atoms with van der Waals surface area (Å²) in [5, 5.41) is 6.47. The molecule has 0 atom stereocenters. The average molecular weight is 484 g/mol. The minimum absolute atomic E-state index is 0.0325. The summed E-state index contributed by atoms with van der Waals surface area (Å²) in [4.78, 5) is 12.6. The number of benzene rings is 2. The molecule has 2 aromatic carbocycles. The van der Waals surface area contributed by atoms with Crippen LogP contribution < -0.4 is 5.32 Å². The monoisotopic (exact) mass is 483 g/mol. The molecule has 2 heterocycles. The van der Waals surface area contributed by atoms with Gasteiger partial charge in [0, 0.05) is 19.0 Å². The Morgan fingerprint density at radius 3 is 2.44 bits per heavy atom. The SMILES string of the molecule is Cc1ccc(C=Cc2onc(C)c2S(=O)(=O)N2CCC(C(=O)Nc3ccccc3F)CC2)cc1. The Kier molecular flexibility index (Phi) is 6.95. The zero-order chi connectivity index (χ0) is 24.3. The number of nitrogens with zero attached hydrogens (tertiary/aromatic N) is 2. The lowest BCUT2D eigenvalue weighted by atomic mass is 9.97. The summed E-state index contributed by atoms with van der Waals surface area (Å²) in [7, 11) is -3.87. The number of halogens is 1. The number of amides is 1. The number of aryl methyl sites for hydroxylation is 2. The molecule has 4 rings (SSSR count). The molecule has 0 saturated carbocycles. The second-order valence-corrected chi connectivity index (χ2v) is 10.2. The second-order valence-electron chi connectivity index (χ2n) is 8.35. The van der Waals surface area contributed by atoms with Gasteiger partial charge in [-0.1, -0.05) is 53.2 Å². The van der Waals surface area contributed by atoms with Crippen molar-refractivity contribution in [3.05, 3.63) is 76.9 Å². The van der Waals surface area contributed by atoms with Gasteiger partial charge in [-0.2, -0.15) is 4.31 Å². The largest absolute Gasteiger partial charge is 0.355 e. The van der Waals surface area contributed by atoms with E-state index in [1.807, 2.05) is 31.2 Å². The Morgan fingerprint density at radius 1 is 1.09 bits per heavy atom. The topological polar surface area (TPSA) is 92.5 Å². The van der Waals surface area contributed by atoms with Gasteiger partial charge in [-0.25, -0.2) is 12.8 Å². The summed E-state index contributed by atoms with van der Waals surface area (Å²) >= 11 is 0. The molecule has 1 aromatic heterocycles. The van der Waals surface area contributed by atoms with E-state index in [0.29, 0.717) is 12.8 Å². The lowest BCUT2D eigenvalue weighted by Crippen LogP contribution is -2.41. The molecule has 178 valence electrons. The number of nitrogens with one attached hydrogen (secondary N) is 1. The van der Waals surface area contributed by atoms with Crippen molar-refractivity contribution >= 4 is 33.8 Å². The van der Waals surface area contributed by atoms with Gasteiger partial charge < -0.3 is 9.84 Å². The molecule has 0 radical (unpaired) electrons. The maximum atomic E-state index is 13.8. The van der Waals surface area contributed by atoms with Crippen molar-refractivity contribution in [2.45, 2.75) is 31.6 Å². The van der Waals surface area contributed by atoms with Crippen molar-refractivity contribution in [2.75, 3.05) is 18.4 Å². The van der Waals surface area contributed by atoms with E-state index in [9.17, 15) is 17.6 Å². The molecule has 0 bridgehead atoms. The van der Waals surface area contributed by atoms with Gasteiger partial charge in [0.25, 0.3) is 0 Å². The number of para-hydroxylation sites is 1. The Labute approximate surface area is 198 Å². The molecule has 7 nitrogen and oxygen atoms in total. The van der Waals surface area contributed by atoms with Gasteiger partial charge in [-0.15, -0.1) is 0 Å². The predicted molar refractivity (Wildman–Crippen MR) is 128 cm³/mol. The van der Waals surface area contributed by atoms with E-state index in [1.54, 1.807) is 31.2 Å². The first-order valence-corrected chi connectivity index (χ1v) is 12.5. The van der Waals surface area contributed by atoms with Crippen LogP contribution in [-0.4, -0.2) is 36.9 Å². The van der Waals surface area contributed by atoms with Crippen molar-refractivity contribution in [1.29, 1.82) is 0 Å². The standard InChI is InChI=1S/C25H26FN3O4S/c1-17-7-9-19(10-8-17)11-12-23-24(18(2)28-33-23)34(31,32)29-15-13-20(14-16-29)25(30)27-22-6-4-3-5-21(22)26/h3-12,20H,13-16H2,1-2H3,(H,27,30). The van der Waals surface area contributed by atoms with Gasteiger partial charge in [0.15, 0.2) is 10.7 Å². The van der Waals surface area contributed by atoms with Crippen LogP contribution in [-0.2, 0) is 14.8 Å². The van der Waals surface area contributed by atoms with Crippen molar-refractivity contribution < 1.29 is 22.1 Å². The molecule has 1 amide bonds. The Morgan fingerprint density at radius 2 is 1.76 bits per heavy atom. The number of rotatable bonds is 6. The van der Waals surface area contributed by atoms with Crippen LogP contribution in [0.25, 0.3) is 12.2 Å². The maximum absolute atomic E-state index is 13.8. The van der Waals surface area contributed by atoms with E-state index in [2.05, 4.69) is 10.5 Å². The Balaban J connectivity index is 1.45. The summed E-state index contributed by atoms with van der Waals surface area (Å²) < 4.78 is 47.3. The van der Waals surface area contributed by atoms with Crippen molar-refractivity contribution in [3.63, 3.8) is 0 Å². The molecular formula is C25H26FN3O4S. The van der Waals surface area contributed by atoms with E-state index in [0.717, 1.165) is 11.1 Å². The number of hydrogen-bond acceptors (Lipinski definition) is 5. The number of sulfonamides is 1. The smallest absolute Gasteiger partial charge is 0.248 e. The average Bonchev–Trinajstić information content (AvgIpc) is 3.21. The summed E-state index contributed by atoms with van der Waals surface area (Å²) in [5.41, 5.74) is 2.43. The minimum atomic E-state index is -3.87. The van der Waals surface area contributed by atoms with Crippen LogP contribution in [0.4, 0.5) is 10.1 Å². The lowest BCUT2D eigenvalue weighted by Gasteiger charge is -2.30. The van der Waals surface area contributed by atoms with Gasteiger partial charge >= 0.3 is 0 Å². The van der Waals surface area contributed by atoms with Gasteiger partial charge in [0.05, 0.1) is 5.69 Å². The van der Waals surface area contributed by atoms with Crippen molar-refractivity contribution in [1.82, 2.24) is 9.46 Å². The van der Waals surface area contributed by atoms with Crippen LogP contribution in [0.3, 0.4) is 0 Å². The van der Waals surface area contributed by atoms with Gasteiger partial charge in [0.2, 0.25) is 15.9 Å². The van der Waals surface area contributed by atoms with Crippen molar-refractivity contribution in [3.8, 4) is 0 Å². The van der Waals surface area contributed by atoms with Crippen LogP contribution in [0.5, 0.6) is 0 Å². The summed E-state index contributed by atoms with van der Waals surface area (Å²) in [6, 6.07) is 13.8. The van der Waals surface area contributed by atoms with E-state index < -0.39 is 21.8 Å². The fraction of sp³-hybridized carbons (Fsp3) is 0.280. The van der Waals surface area contributed by atoms with Gasteiger partial charge in [0.1, 0.15) is 11.5 Å². The highest BCUT2D eigenvalue weighted by molar-refractivity contribution is 7.89. The summed E-state index contributed by atoms with van der Waals surface area (Å²) in [5.74, 6) is -1.07. The molecule has 0 aliphatic carbocycles. The molecule has 0 spiro atoms. The molecule has 1 saturated heterocycles. The fourth-order valence-corrected chi connectivity index (χ4v) is 5.65. The lowest BCUT2D eigenvalue weighted by molar-refractivity contribution is -0.120. The highest BCUT2D eigenvalue weighted by Gasteiger charge is 2.36. The van der Waals surface area contributed by atoms with Crippen molar-refractivity contribution in [2.24, 2.45) is 5.92 Å². The summed E-state index contributed by atoms with van der Waals surface area (Å²) in [6.45, 7) is 3.92. The predicted octanol–water partition coefficient (Wildman–Crippen LogP) is 4.64. The third-order valence-corrected chi connectivity index (χ3v) is 7.95. The van der Waals surface area contributed by atoms with Crippen LogP contribution in [0.15, 0.2) is 57.9 Å². The number of anilines is 1. The fourth-order valence-electron chi connectivity index (χ4n) is 3.93. The highest BCUT2D eigenvalue weighted by Crippen LogP contribution is 2.30. The van der Waals surface area contributed by atoms with Crippen LogP contribution >= 0.6 is 0 Å². The first kappa shape index (κ1) is 23.8. The Bertz CT molecular complexity index is 1310. The molecule has 1 fully saturated rings. The molecule has 3 aromatic rings. The maximum Gasteiger partial charge on any atom is 0.248 e. The quantitative estimate of drug-likeness (QED) is 0.551. The van der Waals surface area contributed by atoms with E-state index in [4.69, 9.17) is 4.52 Å². The van der Waals surface area contributed by atoms with E-state index in [-0.39, 0.29) is 41.0 Å². The molecule has 1 aliphatic heterocycles. The van der Waals surface area contributed by atoms with Crippen LogP contribution in [0, 0.1) is 25.6 Å². The van der Waals surface area contributed by atoms with E-state index >= 15 is 0 Å². The highest BCUT2D eigenvalue weighted by atomic mass is 32.2. The number of carbonyl (C=O) groups excluding carboxylic acids is 1. The van der Waals surface area contributed by atoms with Crippen LogP contribution in [0.1, 0.15) is 35.4 Å². The molecule has 9 heteroatoms. The molecule has 0 unspecified atom stereocenters. The zero-order valence-corrected chi connectivity index (χ0v) is 19.8. The second kappa shape index (κ2) is 9.90. The minimum Gasteiger partial charge on any atom is -0.355 e. The summed E-state index contributed by atoms with van der Waals surface area (Å²) in [6.07, 6.45) is 4.04. The van der Waals surface area contributed by atoms with Gasteiger partial charge in [-0.3, -0.25) is 4.79 Å². The third kappa shape index (κ3) is 5.10. The molecule has 1 aliphatic rings. The number of hydrogen-bond donors (Lipinski definition) is 1. The zero-order valence-electron chi connectivity index (χ0n) is 19.0. The first-order valence-electron chi connectivity index (χ1n) is 11.0. The third-order valence-electron chi connectivity index (χ3n) is 5.89. The Hall–Kier alpha value is -3.30. The normalized spacial score (nSPS) is 15.6. The van der Waals surface area contributed by atoms with Gasteiger partial charge in [-0.05, 0) is 50.5 Å². The number of piperidine rings is 1. The number of carbonyl (C=O) groups is 1. The first-order chi connectivity index (χ1) is 16.3. The molecule has 34 heavy (non-hydrogen) atoms. The van der Waals surface area contributed by atoms with E-state index in [1.165, 1.54) is 16.4 Å².